The van der Waals surface area contributed by atoms with E-state index in [-0.39, 0.29) is 24.8 Å². The molecule has 0 radical (unpaired) electrons. The number of nitrogens with zero attached hydrogens (tertiary/aromatic N) is 4. The molecule has 3 aromatic heterocycles. The standard InChI is InChI=1S/C33H34F2N6O2/c1-40-27-4-2-3-23(27)29-22(9-12-36-31(29)40)21-5-7-25(30-24(21)15-37-32(30)42)38-28-8-6-20(19-10-14-43-17-19)26(39-28)16-41-13-11-33(34,35)18-41/h5-9,12,19H,2-4,10-11,13-18H2,1H3,(H,37,42)(H,38,39). The van der Waals surface area contributed by atoms with Crippen molar-refractivity contribution in [3.8, 4) is 11.1 Å². The molecular weight excluding hydrogens is 550 g/mol. The normalized spacial score (nSPS) is 21.0. The summed E-state index contributed by atoms with van der Waals surface area (Å²) < 4.78 is 35.8. The number of ether oxygens (including phenoxy) is 1. The Bertz CT molecular complexity index is 1780. The highest BCUT2D eigenvalue weighted by Gasteiger charge is 2.38. The fourth-order valence-electron chi connectivity index (χ4n) is 7.58. The lowest BCUT2D eigenvalue weighted by atomic mass is 9.93. The molecule has 222 valence electrons. The van der Waals surface area contributed by atoms with Crippen LogP contribution in [-0.4, -0.2) is 57.6 Å². The number of hydrogen-bond acceptors (Lipinski definition) is 6. The highest BCUT2D eigenvalue weighted by Crippen LogP contribution is 2.42. The molecule has 1 amide bonds. The van der Waals surface area contributed by atoms with Crippen molar-refractivity contribution < 1.29 is 18.3 Å². The zero-order chi connectivity index (χ0) is 29.3. The van der Waals surface area contributed by atoms with Crippen LogP contribution in [0.15, 0.2) is 36.5 Å². The predicted molar refractivity (Wildman–Crippen MR) is 160 cm³/mol. The van der Waals surface area contributed by atoms with E-state index in [0.717, 1.165) is 59.3 Å². The molecule has 1 aliphatic carbocycles. The maximum Gasteiger partial charge on any atom is 0.261 e. The SMILES string of the molecule is Cn1c2c(c3c(-c4ccc(Nc5ccc(C6CCOC6)c(CN6CCC(F)(F)C6)n5)c5c4CNC5=O)ccnc31)CCC2. The maximum absolute atomic E-state index is 14.0. The second-order valence-corrected chi connectivity index (χ2v) is 12.3. The minimum atomic E-state index is -2.66. The van der Waals surface area contributed by atoms with Crippen LogP contribution in [0.1, 0.15) is 63.6 Å². The first-order valence-electron chi connectivity index (χ1n) is 15.2. The number of alkyl halides is 2. The molecule has 4 aliphatic rings. The largest absolute Gasteiger partial charge is 0.381 e. The zero-order valence-corrected chi connectivity index (χ0v) is 24.2. The van der Waals surface area contributed by atoms with Gasteiger partial charge >= 0.3 is 0 Å². The van der Waals surface area contributed by atoms with Gasteiger partial charge in [0.1, 0.15) is 11.5 Å². The summed E-state index contributed by atoms with van der Waals surface area (Å²) in [7, 11) is 2.09. The van der Waals surface area contributed by atoms with E-state index in [1.54, 1.807) is 4.90 Å². The quantitative estimate of drug-likeness (QED) is 0.313. The van der Waals surface area contributed by atoms with E-state index in [1.165, 1.54) is 16.6 Å². The number of amides is 1. The summed E-state index contributed by atoms with van der Waals surface area (Å²) in [5.74, 6) is -2.00. The fourth-order valence-corrected chi connectivity index (χ4v) is 7.58. The molecule has 4 aromatic rings. The van der Waals surface area contributed by atoms with E-state index in [0.29, 0.717) is 49.9 Å². The third-order valence-corrected chi connectivity index (χ3v) is 9.66. The number of hydrogen-bond donors (Lipinski definition) is 2. The number of carbonyl (C=O) groups excluding carboxylic acids is 1. The van der Waals surface area contributed by atoms with Crippen molar-refractivity contribution in [1.29, 1.82) is 0 Å². The minimum absolute atomic E-state index is 0.123. The van der Waals surface area contributed by atoms with Gasteiger partial charge in [-0.25, -0.2) is 18.7 Å². The van der Waals surface area contributed by atoms with E-state index in [4.69, 9.17) is 14.7 Å². The number of aryl methyl sites for hydroxylation is 2. The van der Waals surface area contributed by atoms with Gasteiger partial charge in [-0.15, -0.1) is 0 Å². The average Bonchev–Trinajstić information content (AvgIpc) is 3.82. The Morgan fingerprint density at radius 3 is 2.86 bits per heavy atom. The number of carbonyl (C=O) groups is 1. The molecular formula is C33H34F2N6O2. The van der Waals surface area contributed by atoms with E-state index in [1.807, 2.05) is 24.4 Å². The molecule has 2 fully saturated rings. The number of aromatic nitrogens is 3. The summed E-state index contributed by atoms with van der Waals surface area (Å²) in [6.07, 6.45) is 5.86. The summed E-state index contributed by atoms with van der Waals surface area (Å²) >= 11 is 0. The summed E-state index contributed by atoms with van der Waals surface area (Å²) in [5, 5.41) is 7.62. The second kappa shape index (κ2) is 10.1. The van der Waals surface area contributed by atoms with Crippen molar-refractivity contribution in [1.82, 2.24) is 24.8 Å². The van der Waals surface area contributed by atoms with Gasteiger partial charge in [-0.3, -0.25) is 9.69 Å². The Hall–Kier alpha value is -3.89. The Labute approximate surface area is 248 Å². The maximum atomic E-state index is 14.0. The molecule has 6 heterocycles. The topological polar surface area (TPSA) is 84.3 Å². The molecule has 2 N–H and O–H groups in total. The molecule has 1 aromatic carbocycles. The summed E-state index contributed by atoms with van der Waals surface area (Å²) in [4.78, 5) is 24.6. The van der Waals surface area contributed by atoms with Gasteiger partial charge in [0.2, 0.25) is 0 Å². The van der Waals surface area contributed by atoms with E-state index in [2.05, 4.69) is 34.4 Å². The fraction of sp³-hybridized carbons (Fsp3) is 0.424. The molecule has 0 bridgehead atoms. The number of halogens is 2. The van der Waals surface area contributed by atoms with Gasteiger partial charge < -0.3 is 19.9 Å². The summed E-state index contributed by atoms with van der Waals surface area (Å²) in [5.41, 5.74) is 9.93. The first-order valence-corrected chi connectivity index (χ1v) is 15.2. The van der Waals surface area contributed by atoms with Crippen molar-refractivity contribution in [3.63, 3.8) is 0 Å². The molecule has 0 spiro atoms. The number of fused-ring (bicyclic) bond motifs is 4. The van der Waals surface area contributed by atoms with Gasteiger partial charge in [-0.1, -0.05) is 12.1 Å². The Kier molecular flexibility index (Phi) is 6.27. The summed E-state index contributed by atoms with van der Waals surface area (Å²) in [6.45, 7) is 2.19. The van der Waals surface area contributed by atoms with Crippen LogP contribution in [0.5, 0.6) is 0 Å². The van der Waals surface area contributed by atoms with Crippen molar-refractivity contribution in [2.75, 3.05) is 31.6 Å². The molecule has 0 saturated carbocycles. The van der Waals surface area contributed by atoms with Crippen molar-refractivity contribution in [2.24, 2.45) is 7.05 Å². The molecule has 10 heteroatoms. The lowest BCUT2D eigenvalue weighted by Crippen LogP contribution is -2.26. The monoisotopic (exact) mass is 584 g/mol. The van der Waals surface area contributed by atoms with Crippen LogP contribution < -0.4 is 10.6 Å². The van der Waals surface area contributed by atoms with Crippen molar-refractivity contribution in [3.05, 3.63) is 70.2 Å². The number of benzene rings is 1. The Morgan fingerprint density at radius 2 is 2.05 bits per heavy atom. The van der Waals surface area contributed by atoms with Crippen molar-refractivity contribution >= 4 is 28.4 Å². The Morgan fingerprint density at radius 1 is 1.14 bits per heavy atom. The first kappa shape index (κ1) is 26.7. The van der Waals surface area contributed by atoms with Crippen LogP contribution >= 0.6 is 0 Å². The van der Waals surface area contributed by atoms with Crippen LogP contribution in [0, 0.1) is 0 Å². The third kappa shape index (κ3) is 4.50. The molecule has 1 atom stereocenters. The molecule has 2 saturated heterocycles. The van der Waals surface area contributed by atoms with Crippen LogP contribution in [0.25, 0.3) is 22.2 Å². The smallest absolute Gasteiger partial charge is 0.261 e. The predicted octanol–water partition coefficient (Wildman–Crippen LogP) is 5.46. The number of anilines is 2. The number of likely N-dealkylation sites (tertiary alicyclic amines) is 1. The average molecular weight is 585 g/mol. The van der Waals surface area contributed by atoms with Gasteiger partial charge in [0, 0.05) is 62.9 Å². The number of nitrogens with one attached hydrogen (secondary N) is 2. The van der Waals surface area contributed by atoms with Gasteiger partial charge in [0.25, 0.3) is 11.8 Å². The minimum Gasteiger partial charge on any atom is -0.381 e. The lowest BCUT2D eigenvalue weighted by Gasteiger charge is -2.21. The van der Waals surface area contributed by atoms with Crippen LogP contribution in [0.3, 0.4) is 0 Å². The van der Waals surface area contributed by atoms with Crippen LogP contribution in [-0.2, 0) is 37.7 Å². The third-order valence-electron chi connectivity index (χ3n) is 9.66. The van der Waals surface area contributed by atoms with Crippen LogP contribution in [0.4, 0.5) is 20.3 Å². The number of rotatable bonds is 6. The molecule has 1 unspecified atom stereocenters. The highest BCUT2D eigenvalue weighted by atomic mass is 19.3. The first-order chi connectivity index (χ1) is 20.9. The highest BCUT2D eigenvalue weighted by molar-refractivity contribution is 6.08. The number of pyridine rings is 2. The Balaban J connectivity index is 1.17. The molecule has 8 nitrogen and oxygen atoms in total. The van der Waals surface area contributed by atoms with Crippen molar-refractivity contribution in [2.45, 2.75) is 57.0 Å². The zero-order valence-electron chi connectivity index (χ0n) is 24.2. The summed E-state index contributed by atoms with van der Waals surface area (Å²) in [6, 6.07) is 10.1. The van der Waals surface area contributed by atoms with Gasteiger partial charge in [-0.05, 0) is 71.7 Å². The second-order valence-electron chi connectivity index (χ2n) is 12.3. The molecule has 3 aliphatic heterocycles. The van der Waals surface area contributed by atoms with E-state index in [9.17, 15) is 13.6 Å². The lowest BCUT2D eigenvalue weighted by molar-refractivity contribution is 0.0113. The van der Waals surface area contributed by atoms with E-state index < -0.39 is 5.92 Å². The van der Waals surface area contributed by atoms with Crippen LogP contribution in [0.2, 0.25) is 0 Å². The molecule has 8 rings (SSSR count). The van der Waals surface area contributed by atoms with Gasteiger partial charge in [0.15, 0.2) is 0 Å². The van der Waals surface area contributed by atoms with E-state index >= 15 is 0 Å². The van der Waals surface area contributed by atoms with Gasteiger partial charge in [-0.2, -0.15) is 0 Å². The van der Waals surface area contributed by atoms with Gasteiger partial charge in [0.05, 0.1) is 30.1 Å². The molecule has 43 heavy (non-hydrogen) atoms.